The van der Waals surface area contributed by atoms with Crippen LogP contribution in [-0.2, 0) is 9.59 Å². The minimum Gasteiger partial charge on any atom is -0.492 e. The second kappa shape index (κ2) is 8.27. The van der Waals surface area contributed by atoms with Crippen LogP contribution in [0, 0.1) is 6.92 Å². The van der Waals surface area contributed by atoms with Gasteiger partial charge in [0.25, 0.3) is 0 Å². The fraction of sp³-hybridized carbons (Fsp3) is 0.364. The maximum Gasteiger partial charge on any atom is 0.250 e. The van der Waals surface area contributed by atoms with E-state index in [1.165, 1.54) is 11.8 Å². The Bertz CT molecular complexity index is 882. The van der Waals surface area contributed by atoms with Gasteiger partial charge in [-0.15, -0.1) is 11.8 Å². The molecule has 148 valence electrons. The number of rotatable bonds is 6. The molecule has 28 heavy (non-hydrogen) atoms. The molecule has 1 heterocycles. The lowest BCUT2D eigenvalue weighted by molar-refractivity contribution is -0.126. The zero-order valence-corrected chi connectivity index (χ0v) is 17.5. The summed E-state index contributed by atoms with van der Waals surface area (Å²) >= 11 is 1.53. The molecule has 6 heteroatoms. The van der Waals surface area contributed by atoms with Crippen LogP contribution in [0.3, 0.4) is 0 Å². The molecule has 0 aliphatic carbocycles. The van der Waals surface area contributed by atoms with Crippen molar-refractivity contribution in [2.24, 2.45) is 0 Å². The summed E-state index contributed by atoms with van der Waals surface area (Å²) in [6, 6.07) is 15.3. The SMILES string of the molecule is Cc1ccccc1OCCS[C@@H](C)C(=O)N1c2ccccc2NC(=O)C1(C)C. The average molecular weight is 399 g/mol. The monoisotopic (exact) mass is 398 g/mol. The molecule has 0 radical (unpaired) electrons. The first-order chi connectivity index (χ1) is 13.3. The summed E-state index contributed by atoms with van der Waals surface area (Å²) in [6.07, 6.45) is 0. The molecule has 0 unspecified atom stereocenters. The Morgan fingerprint density at radius 3 is 2.61 bits per heavy atom. The standard InChI is InChI=1S/C22H26N2O3S/c1-15-9-5-8-12-19(15)27-13-14-28-16(2)20(25)24-18-11-7-6-10-17(18)23-21(26)22(24,3)4/h5-12,16H,13-14H2,1-4H3,(H,23,26)/t16-/m0/s1. The Labute approximate surface area is 170 Å². The Hall–Kier alpha value is -2.47. The van der Waals surface area contributed by atoms with E-state index < -0.39 is 5.54 Å². The normalized spacial score (nSPS) is 16.1. The van der Waals surface area contributed by atoms with Crippen LogP contribution in [-0.4, -0.2) is 35.0 Å². The highest BCUT2D eigenvalue weighted by molar-refractivity contribution is 8.00. The molecule has 0 saturated heterocycles. The van der Waals surface area contributed by atoms with E-state index in [0.717, 1.165) is 17.0 Å². The molecule has 2 amide bonds. The highest BCUT2D eigenvalue weighted by Gasteiger charge is 2.44. The second-order valence-electron chi connectivity index (χ2n) is 7.33. The molecule has 1 N–H and O–H groups in total. The highest BCUT2D eigenvalue weighted by Crippen LogP contribution is 2.38. The molecular formula is C22H26N2O3S. The van der Waals surface area contributed by atoms with Crippen molar-refractivity contribution in [1.29, 1.82) is 0 Å². The van der Waals surface area contributed by atoms with Gasteiger partial charge in [-0.05, 0) is 51.5 Å². The Kier molecular flexibility index (Phi) is 5.98. The molecule has 1 aliphatic rings. The number of carbonyl (C=O) groups excluding carboxylic acids is 2. The smallest absolute Gasteiger partial charge is 0.250 e. The van der Waals surface area contributed by atoms with Gasteiger partial charge in [0.2, 0.25) is 11.8 Å². The Balaban J connectivity index is 1.65. The highest BCUT2D eigenvalue weighted by atomic mass is 32.2. The quantitative estimate of drug-likeness (QED) is 0.739. The van der Waals surface area contributed by atoms with Gasteiger partial charge >= 0.3 is 0 Å². The lowest BCUT2D eigenvalue weighted by atomic mass is 9.96. The van der Waals surface area contributed by atoms with E-state index in [2.05, 4.69) is 5.32 Å². The molecule has 2 aromatic rings. The van der Waals surface area contributed by atoms with Crippen molar-refractivity contribution in [3.8, 4) is 5.75 Å². The first-order valence-electron chi connectivity index (χ1n) is 9.37. The van der Waals surface area contributed by atoms with E-state index in [1.807, 2.05) is 62.4 Å². The van der Waals surface area contributed by atoms with Gasteiger partial charge in [-0.1, -0.05) is 30.3 Å². The zero-order valence-electron chi connectivity index (χ0n) is 16.7. The van der Waals surface area contributed by atoms with Gasteiger partial charge in [0, 0.05) is 5.75 Å². The molecule has 2 aromatic carbocycles. The summed E-state index contributed by atoms with van der Waals surface area (Å²) in [5.74, 6) is 1.29. The molecule has 1 aliphatic heterocycles. The lowest BCUT2D eigenvalue weighted by Crippen LogP contribution is -2.60. The number of carbonyl (C=O) groups is 2. The predicted molar refractivity (Wildman–Crippen MR) is 115 cm³/mol. The molecule has 5 nitrogen and oxygen atoms in total. The summed E-state index contributed by atoms with van der Waals surface area (Å²) in [5.41, 5.74) is 1.55. The molecule has 0 bridgehead atoms. The molecule has 1 atom stereocenters. The van der Waals surface area contributed by atoms with Crippen molar-refractivity contribution in [2.45, 2.75) is 38.5 Å². The second-order valence-corrected chi connectivity index (χ2v) is 8.78. The van der Waals surface area contributed by atoms with Crippen LogP contribution < -0.4 is 15.0 Å². The van der Waals surface area contributed by atoms with E-state index in [-0.39, 0.29) is 17.1 Å². The number of aryl methyl sites for hydroxylation is 1. The third-order valence-electron chi connectivity index (χ3n) is 4.88. The Morgan fingerprint density at radius 2 is 1.86 bits per heavy atom. The average Bonchev–Trinajstić information content (AvgIpc) is 2.66. The number of amides is 2. The lowest BCUT2D eigenvalue weighted by Gasteiger charge is -2.43. The van der Waals surface area contributed by atoms with E-state index in [9.17, 15) is 9.59 Å². The number of nitrogens with zero attached hydrogens (tertiary/aromatic N) is 1. The van der Waals surface area contributed by atoms with Crippen molar-refractivity contribution in [3.63, 3.8) is 0 Å². The van der Waals surface area contributed by atoms with Crippen LogP contribution in [0.15, 0.2) is 48.5 Å². The van der Waals surface area contributed by atoms with Crippen molar-refractivity contribution < 1.29 is 14.3 Å². The molecule has 3 rings (SSSR count). The number of ether oxygens (including phenoxy) is 1. The summed E-state index contributed by atoms with van der Waals surface area (Å²) in [7, 11) is 0. The van der Waals surface area contributed by atoms with Gasteiger partial charge < -0.3 is 10.1 Å². The summed E-state index contributed by atoms with van der Waals surface area (Å²) in [6.45, 7) is 7.96. The first kappa shape index (κ1) is 20.3. The summed E-state index contributed by atoms with van der Waals surface area (Å²) < 4.78 is 5.82. The van der Waals surface area contributed by atoms with Crippen LogP contribution in [0.1, 0.15) is 26.3 Å². The molecular weight excluding hydrogens is 372 g/mol. The fourth-order valence-corrected chi connectivity index (χ4v) is 3.98. The molecule has 0 saturated carbocycles. The van der Waals surface area contributed by atoms with E-state index >= 15 is 0 Å². The maximum absolute atomic E-state index is 13.2. The van der Waals surface area contributed by atoms with Crippen LogP contribution in [0.2, 0.25) is 0 Å². The molecule has 0 aromatic heterocycles. The maximum atomic E-state index is 13.2. The van der Waals surface area contributed by atoms with Crippen LogP contribution in [0.5, 0.6) is 5.75 Å². The first-order valence-corrected chi connectivity index (χ1v) is 10.4. The number of hydrogen-bond acceptors (Lipinski definition) is 4. The van der Waals surface area contributed by atoms with Crippen LogP contribution >= 0.6 is 11.8 Å². The van der Waals surface area contributed by atoms with Crippen molar-refractivity contribution >= 4 is 35.0 Å². The van der Waals surface area contributed by atoms with Gasteiger partial charge in [-0.2, -0.15) is 0 Å². The summed E-state index contributed by atoms with van der Waals surface area (Å²) in [4.78, 5) is 27.4. The van der Waals surface area contributed by atoms with Crippen molar-refractivity contribution in [3.05, 3.63) is 54.1 Å². The summed E-state index contributed by atoms with van der Waals surface area (Å²) in [5, 5.41) is 2.60. The third kappa shape index (κ3) is 4.02. The van der Waals surface area contributed by atoms with Crippen molar-refractivity contribution in [1.82, 2.24) is 0 Å². The topological polar surface area (TPSA) is 58.6 Å². The fourth-order valence-electron chi connectivity index (χ4n) is 3.19. The van der Waals surface area contributed by atoms with Gasteiger partial charge in [0.15, 0.2) is 0 Å². The van der Waals surface area contributed by atoms with Gasteiger partial charge in [0.1, 0.15) is 11.3 Å². The number of hydrogen-bond donors (Lipinski definition) is 1. The van der Waals surface area contributed by atoms with Crippen LogP contribution in [0.4, 0.5) is 11.4 Å². The largest absolute Gasteiger partial charge is 0.492 e. The third-order valence-corrected chi connectivity index (χ3v) is 5.98. The number of nitrogens with one attached hydrogen (secondary N) is 1. The minimum atomic E-state index is -0.947. The van der Waals surface area contributed by atoms with Gasteiger partial charge in [-0.3, -0.25) is 14.5 Å². The van der Waals surface area contributed by atoms with Crippen LogP contribution in [0.25, 0.3) is 0 Å². The van der Waals surface area contributed by atoms with Crippen molar-refractivity contribution in [2.75, 3.05) is 22.6 Å². The van der Waals surface area contributed by atoms with E-state index in [0.29, 0.717) is 18.0 Å². The van der Waals surface area contributed by atoms with Gasteiger partial charge in [-0.25, -0.2) is 0 Å². The number of benzene rings is 2. The number of fused-ring (bicyclic) bond motifs is 1. The van der Waals surface area contributed by atoms with E-state index in [1.54, 1.807) is 18.7 Å². The van der Waals surface area contributed by atoms with Gasteiger partial charge in [0.05, 0.1) is 23.2 Å². The molecule has 0 spiro atoms. The number of para-hydroxylation sites is 3. The number of anilines is 2. The molecule has 0 fully saturated rings. The number of thioether (sulfide) groups is 1. The zero-order chi connectivity index (χ0) is 20.3. The minimum absolute atomic E-state index is 0.0757. The predicted octanol–water partition coefficient (Wildman–Crippen LogP) is 4.26. The Morgan fingerprint density at radius 1 is 1.18 bits per heavy atom. The van der Waals surface area contributed by atoms with E-state index in [4.69, 9.17) is 4.74 Å².